The van der Waals surface area contributed by atoms with E-state index in [1.807, 2.05) is 6.92 Å². The molecule has 188 valence electrons. The third-order valence-electron chi connectivity index (χ3n) is 7.06. The molecule has 0 aliphatic carbocycles. The minimum atomic E-state index is 0.138. The third kappa shape index (κ3) is 4.15. The first kappa shape index (κ1) is 23.7. The summed E-state index contributed by atoms with van der Waals surface area (Å²) in [7, 11) is 0. The lowest BCUT2D eigenvalue weighted by atomic mass is 10.00. The summed E-state index contributed by atoms with van der Waals surface area (Å²) in [6.07, 6.45) is 1.73. The van der Waals surface area contributed by atoms with Crippen molar-refractivity contribution in [2.75, 3.05) is 42.5 Å². The monoisotopic (exact) mass is 523 g/mol. The fraction of sp³-hybridized carbons (Fsp3) is 0.440. The zero-order chi connectivity index (χ0) is 25.0. The van der Waals surface area contributed by atoms with Crippen LogP contribution in [0.5, 0.6) is 0 Å². The molecule has 36 heavy (non-hydrogen) atoms. The summed E-state index contributed by atoms with van der Waals surface area (Å²) in [5, 5.41) is 3.29. The summed E-state index contributed by atoms with van der Waals surface area (Å²) >= 11 is 8.27. The van der Waals surface area contributed by atoms with Crippen molar-refractivity contribution >= 4 is 56.9 Å². The van der Waals surface area contributed by atoms with Crippen LogP contribution < -0.4 is 21.3 Å². The largest absolute Gasteiger partial charge is 0.355 e. The molecule has 1 atom stereocenters. The normalized spacial score (nSPS) is 18.5. The third-order valence-corrected chi connectivity index (χ3v) is 8.33. The van der Waals surface area contributed by atoms with E-state index in [0.717, 1.165) is 89.0 Å². The lowest BCUT2D eigenvalue weighted by Crippen LogP contribution is -2.50. The summed E-state index contributed by atoms with van der Waals surface area (Å²) in [4.78, 5) is 28.2. The molecule has 1 unspecified atom stereocenters. The van der Waals surface area contributed by atoms with Crippen LogP contribution in [-0.4, -0.2) is 63.7 Å². The zero-order valence-electron chi connectivity index (χ0n) is 20.5. The highest BCUT2D eigenvalue weighted by Gasteiger charge is 2.29. The van der Waals surface area contributed by atoms with Gasteiger partial charge in [-0.05, 0) is 56.3 Å². The molecule has 6 rings (SSSR count). The van der Waals surface area contributed by atoms with Gasteiger partial charge in [0.1, 0.15) is 23.1 Å². The van der Waals surface area contributed by atoms with E-state index in [-0.39, 0.29) is 6.04 Å². The Morgan fingerprint density at radius 2 is 1.94 bits per heavy atom. The number of hydrogen-bond donors (Lipinski definition) is 3. The van der Waals surface area contributed by atoms with Crippen LogP contribution in [0.1, 0.15) is 24.9 Å². The molecule has 5 N–H and O–H groups in total. The number of nitrogens with zero attached hydrogens (tertiary/aromatic N) is 6. The first-order valence-corrected chi connectivity index (χ1v) is 13.6. The van der Waals surface area contributed by atoms with Crippen LogP contribution in [0, 0.1) is 12.8 Å². The summed E-state index contributed by atoms with van der Waals surface area (Å²) < 4.78 is 0. The number of benzene rings is 1. The molecule has 11 heteroatoms. The Bertz CT molecular complexity index is 1450. The van der Waals surface area contributed by atoms with Crippen molar-refractivity contribution in [2.24, 2.45) is 17.4 Å². The number of halogens is 1. The zero-order valence-corrected chi connectivity index (χ0v) is 22.0. The van der Waals surface area contributed by atoms with Gasteiger partial charge < -0.3 is 26.3 Å². The number of H-pyrrole nitrogens is 1. The standard InChI is InChI=1S/C25H30ClN9S/c1-3-18-21(26)20-22(31-18)32-25(33-24(20)34-7-6-15(28)12-34)36-16-4-5-17-19(8-16)29-13(2)30-23(17)35-10-14(9-27)11-35/h4-5,8,14-15H,3,6-7,9-12,27-28H2,1-2H3,(H,31,32,33). The summed E-state index contributed by atoms with van der Waals surface area (Å²) in [5.41, 5.74) is 14.7. The van der Waals surface area contributed by atoms with Crippen LogP contribution in [0.15, 0.2) is 28.3 Å². The summed E-state index contributed by atoms with van der Waals surface area (Å²) in [5.74, 6) is 3.13. The quantitative estimate of drug-likeness (QED) is 0.325. The first-order valence-electron chi connectivity index (χ1n) is 12.4. The number of fused-ring (bicyclic) bond motifs is 2. The van der Waals surface area contributed by atoms with Crippen molar-refractivity contribution in [2.45, 2.75) is 42.8 Å². The maximum absolute atomic E-state index is 6.74. The van der Waals surface area contributed by atoms with Gasteiger partial charge in [0.25, 0.3) is 0 Å². The highest BCUT2D eigenvalue weighted by molar-refractivity contribution is 7.99. The number of anilines is 2. The number of nitrogens with one attached hydrogen (secondary N) is 1. The second kappa shape index (κ2) is 9.33. The van der Waals surface area contributed by atoms with Crippen molar-refractivity contribution in [3.8, 4) is 0 Å². The van der Waals surface area contributed by atoms with Gasteiger partial charge in [-0.25, -0.2) is 19.9 Å². The van der Waals surface area contributed by atoms with Gasteiger partial charge in [0.15, 0.2) is 5.16 Å². The molecular formula is C25H30ClN9S. The van der Waals surface area contributed by atoms with E-state index >= 15 is 0 Å². The Balaban J connectivity index is 1.37. The van der Waals surface area contributed by atoms with E-state index in [1.165, 1.54) is 11.8 Å². The summed E-state index contributed by atoms with van der Waals surface area (Å²) in [6.45, 7) is 8.22. The second-order valence-electron chi connectivity index (χ2n) is 9.70. The van der Waals surface area contributed by atoms with Crippen LogP contribution in [0.25, 0.3) is 21.9 Å². The van der Waals surface area contributed by atoms with Crippen LogP contribution in [0.3, 0.4) is 0 Å². The lowest BCUT2D eigenvalue weighted by Gasteiger charge is -2.40. The smallest absolute Gasteiger partial charge is 0.196 e. The van der Waals surface area contributed by atoms with E-state index in [1.54, 1.807) is 0 Å². The van der Waals surface area contributed by atoms with Gasteiger partial charge in [-0.2, -0.15) is 0 Å². The molecule has 2 aliphatic heterocycles. The van der Waals surface area contributed by atoms with E-state index in [4.69, 9.17) is 43.0 Å². The van der Waals surface area contributed by atoms with Crippen LogP contribution in [0.2, 0.25) is 5.02 Å². The second-order valence-corrected chi connectivity index (χ2v) is 11.1. The molecule has 0 radical (unpaired) electrons. The van der Waals surface area contributed by atoms with Crippen LogP contribution >= 0.6 is 23.4 Å². The Morgan fingerprint density at radius 3 is 2.67 bits per heavy atom. The minimum Gasteiger partial charge on any atom is -0.355 e. The molecule has 2 fully saturated rings. The van der Waals surface area contributed by atoms with E-state index in [9.17, 15) is 0 Å². The van der Waals surface area contributed by atoms with Crippen molar-refractivity contribution in [1.29, 1.82) is 0 Å². The Hall–Kier alpha value is -2.66. The first-order chi connectivity index (χ1) is 17.4. The van der Waals surface area contributed by atoms with Crippen molar-refractivity contribution < 1.29 is 0 Å². The topological polar surface area (TPSA) is 126 Å². The Kier molecular flexibility index (Phi) is 6.15. The molecule has 4 aromatic rings. The number of hydrogen-bond acceptors (Lipinski definition) is 9. The molecule has 0 amide bonds. The molecular weight excluding hydrogens is 494 g/mol. The number of rotatable bonds is 6. The van der Waals surface area contributed by atoms with Gasteiger partial charge in [0.2, 0.25) is 0 Å². The fourth-order valence-electron chi connectivity index (χ4n) is 5.08. The van der Waals surface area contributed by atoms with Gasteiger partial charge >= 0.3 is 0 Å². The molecule has 0 spiro atoms. The molecule has 3 aromatic heterocycles. The van der Waals surface area contributed by atoms with Gasteiger partial charge in [-0.1, -0.05) is 18.5 Å². The highest BCUT2D eigenvalue weighted by Crippen LogP contribution is 2.38. The molecule has 1 aromatic carbocycles. The molecule has 0 saturated carbocycles. The van der Waals surface area contributed by atoms with Gasteiger partial charge in [-0.15, -0.1) is 0 Å². The number of aryl methyl sites for hydroxylation is 2. The van der Waals surface area contributed by atoms with E-state index < -0.39 is 0 Å². The lowest BCUT2D eigenvalue weighted by molar-refractivity contribution is 0.418. The van der Waals surface area contributed by atoms with Gasteiger partial charge in [0, 0.05) is 54.1 Å². The SMILES string of the molecule is CCc1[nH]c2nc(Sc3ccc4c(N5CC(CN)C5)nc(C)nc4c3)nc(N3CCC(N)C3)c2c1Cl. The van der Waals surface area contributed by atoms with Crippen molar-refractivity contribution in [3.63, 3.8) is 0 Å². The fourth-order valence-corrected chi connectivity index (χ4v) is 6.22. The van der Waals surface area contributed by atoms with Crippen LogP contribution in [-0.2, 0) is 6.42 Å². The van der Waals surface area contributed by atoms with E-state index in [0.29, 0.717) is 22.6 Å². The van der Waals surface area contributed by atoms with Gasteiger partial charge in [0.05, 0.1) is 15.9 Å². The Morgan fingerprint density at radius 1 is 1.11 bits per heavy atom. The number of nitrogens with two attached hydrogens (primary N) is 2. The minimum absolute atomic E-state index is 0.138. The van der Waals surface area contributed by atoms with Crippen molar-refractivity contribution in [3.05, 3.63) is 34.7 Å². The van der Waals surface area contributed by atoms with Crippen LogP contribution in [0.4, 0.5) is 11.6 Å². The summed E-state index contributed by atoms with van der Waals surface area (Å²) in [6, 6.07) is 6.42. The maximum Gasteiger partial charge on any atom is 0.196 e. The van der Waals surface area contributed by atoms with Gasteiger partial charge in [-0.3, -0.25) is 0 Å². The highest BCUT2D eigenvalue weighted by atomic mass is 35.5. The average molecular weight is 524 g/mol. The number of aromatic amines is 1. The molecule has 2 aliphatic rings. The molecule has 2 saturated heterocycles. The van der Waals surface area contributed by atoms with E-state index in [2.05, 4.69) is 39.9 Å². The maximum atomic E-state index is 6.74. The predicted octanol–water partition coefficient (Wildman–Crippen LogP) is 3.51. The molecule has 0 bridgehead atoms. The average Bonchev–Trinajstić information content (AvgIpc) is 3.40. The van der Waals surface area contributed by atoms with Crippen molar-refractivity contribution in [1.82, 2.24) is 24.9 Å². The predicted molar refractivity (Wildman–Crippen MR) is 146 cm³/mol. The molecule has 5 heterocycles. The Labute approximate surface area is 219 Å². The molecule has 9 nitrogen and oxygen atoms in total. The number of aromatic nitrogens is 5.